The van der Waals surface area contributed by atoms with Crippen LogP contribution in [0.15, 0.2) is 110 Å². The molecule has 2 heteroatoms. The van der Waals surface area contributed by atoms with Gasteiger partial charge >= 0.3 is 0 Å². The van der Waals surface area contributed by atoms with Crippen molar-refractivity contribution in [1.82, 2.24) is 9.13 Å². The fourth-order valence-electron chi connectivity index (χ4n) is 5.54. The average Bonchev–Trinajstić information content (AvgIpc) is 3.43. The molecule has 0 radical (unpaired) electrons. The zero-order chi connectivity index (χ0) is 25.4. The Kier molecular flexibility index (Phi) is 5.86. The van der Waals surface area contributed by atoms with Gasteiger partial charge in [-0.15, -0.1) is 0 Å². The Labute approximate surface area is 218 Å². The molecule has 2 heterocycles. The first-order chi connectivity index (χ1) is 18.2. The van der Waals surface area contributed by atoms with Crippen molar-refractivity contribution in [3.05, 3.63) is 127 Å². The number of para-hydroxylation sites is 1. The van der Waals surface area contributed by atoms with Crippen molar-refractivity contribution in [3.63, 3.8) is 0 Å². The van der Waals surface area contributed by atoms with E-state index in [1.54, 1.807) is 0 Å². The molecule has 2 aromatic heterocycles. The minimum atomic E-state index is 0.787. The molecule has 0 saturated heterocycles. The van der Waals surface area contributed by atoms with Gasteiger partial charge in [0.05, 0.1) is 5.52 Å². The molecule has 4 aromatic carbocycles. The minimum absolute atomic E-state index is 0.787. The first kappa shape index (κ1) is 22.9. The highest BCUT2D eigenvalue weighted by molar-refractivity contribution is 6.00. The summed E-state index contributed by atoms with van der Waals surface area (Å²) in [7, 11) is 0. The van der Waals surface area contributed by atoms with E-state index in [4.69, 9.17) is 0 Å². The first-order valence-electron chi connectivity index (χ1n) is 12.8. The summed E-state index contributed by atoms with van der Waals surface area (Å²) in [6.45, 7) is 9.09. The van der Waals surface area contributed by atoms with Crippen LogP contribution in [0.3, 0.4) is 0 Å². The van der Waals surface area contributed by atoms with Crippen LogP contribution in [0.25, 0.3) is 62.1 Å². The third-order valence-electron chi connectivity index (χ3n) is 7.35. The Morgan fingerprint density at radius 3 is 2.43 bits per heavy atom. The Morgan fingerprint density at radius 1 is 0.811 bits per heavy atom. The molecule has 0 amide bonds. The molecular weight excluding hydrogens is 448 g/mol. The second-order valence-electron chi connectivity index (χ2n) is 9.47. The summed E-state index contributed by atoms with van der Waals surface area (Å²) in [5.74, 6) is 0. The van der Waals surface area contributed by atoms with E-state index in [9.17, 15) is 0 Å². The van der Waals surface area contributed by atoms with E-state index in [1.165, 1.54) is 55.0 Å². The molecule has 0 spiro atoms. The molecule has 6 rings (SSSR count). The van der Waals surface area contributed by atoms with Crippen molar-refractivity contribution in [1.29, 1.82) is 0 Å². The van der Waals surface area contributed by atoms with Crippen LogP contribution in [0.4, 0.5) is 0 Å². The largest absolute Gasteiger partial charge is 0.340 e. The van der Waals surface area contributed by atoms with Gasteiger partial charge in [0.1, 0.15) is 0 Å². The van der Waals surface area contributed by atoms with E-state index in [0.717, 1.165) is 12.1 Å². The second kappa shape index (κ2) is 9.48. The Hall–Kier alpha value is -4.56. The molecule has 6 aromatic rings. The van der Waals surface area contributed by atoms with Crippen molar-refractivity contribution >= 4 is 50.9 Å². The zero-order valence-corrected chi connectivity index (χ0v) is 21.4. The van der Waals surface area contributed by atoms with Gasteiger partial charge in [-0.25, -0.2) is 0 Å². The van der Waals surface area contributed by atoms with Gasteiger partial charge < -0.3 is 9.13 Å². The smallest absolute Gasteiger partial charge is 0.0528 e. The van der Waals surface area contributed by atoms with Gasteiger partial charge in [-0.05, 0) is 59.5 Å². The Morgan fingerprint density at radius 2 is 1.59 bits per heavy atom. The van der Waals surface area contributed by atoms with Gasteiger partial charge in [-0.2, -0.15) is 0 Å². The Balaban J connectivity index is 1.45. The quantitative estimate of drug-likeness (QED) is 0.225. The highest BCUT2D eigenvalue weighted by atomic mass is 15.0. The molecular formula is C35H30N2. The Bertz CT molecular complexity index is 1830. The normalized spacial score (nSPS) is 12.1. The standard InChI is InChI=1S/C35H30N2/c1-4-12-29-25(3)37(22-11-21-36-24-26(5-2)32-16-8-9-18-34(32)36)35-23-28(19-20-33(29)35)31-17-10-14-27-13-6-7-15-30(27)31/h4-21,23-24H,2,22H2,1,3H3. The number of aromatic nitrogens is 2. The predicted octanol–water partition coefficient (Wildman–Crippen LogP) is 9.57. The number of nitrogens with zero attached hydrogens (tertiary/aromatic N) is 2. The van der Waals surface area contributed by atoms with Gasteiger partial charge in [-0.3, -0.25) is 0 Å². The minimum Gasteiger partial charge on any atom is -0.340 e. The lowest BCUT2D eigenvalue weighted by Gasteiger charge is -2.09. The third-order valence-corrected chi connectivity index (χ3v) is 7.35. The molecule has 0 aliphatic carbocycles. The molecule has 2 nitrogen and oxygen atoms in total. The van der Waals surface area contributed by atoms with Crippen LogP contribution >= 0.6 is 0 Å². The van der Waals surface area contributed by atoms with E-state index in [-0.39, 0.29) is 0 Å². The van der Waals surface area contributed by atoms with Gasteiger partial charge in [0, 0.05) is 46.5 Å². The van der Waals surface area contributed by atoms with Crippen molar-refractivity contribution < 1.29 is 0 Å². The number of rotatable bonds is 6. The fourth-order valence-corrected chi connectivity index (χ4v) is 5.54. The fraction of sp³-hybridized carbons (Fsp3) is 0.0857. The summed E-state index contributed by atoms with van der Waals surface area (Å²) >= 11 is 0. The highest BCUT2D eigenvalue weighted by Gasteiger charge is 2.14. The van der Waals surface area contributed by atoms with Crippen LogP contribution in [0, 0.1) is 6.92 Å². The van der Waals surface area contributed by atoms with Gasteiger partial charge in [0.2, 0.25) is 0 Å². The molecule has 0 atom stereocenters. The topological polar surface area (TPSA) is 9.86 Å². The SMILES string of the molecule is C=Cc1cn(C=CCn2c(C)c(C=CC)c3ccc(-c4cccc5ccccc45)cc32)c2ccccc12. The van der Waals surface area contributed by atoms with Crippen LogP contribution in [-0.2, 0) is 6.54 Å². The maximum absolute atomic E-state index is 3.99. The molecule has 0 bridgehead atoms. The van der Waals surface area contributed by atoms with Crippen LogP contribution in [0.5, 0.6) is 0 Å². The lowest BCUT2D eigenvalue weighted by molar-refractivity contribution is 0.827. The summed E-state index contributed by atoms with van der Waals surface area (Å²) in [6, 6.07) is 30.6. The maximum Gasteiger partial charge on any atom is 0.0528 e. The second-order valence-corrected chi connectivity index (χ2v) is 9.47. The molecule has 180 valence electrons. The monoisotopic (exact) mass is 478 g/mol. The molecule has 0 fully saturated rings. The van der Waals surface area contributed by atoms with E-state index in [2.05, 4.69) is 145 Å². The molecule has 0 saturated carbocycles. The summed E-state index contributed by atoms with van der Waals surface area (Å²) in [5, 5.41) is 5.06. The van der Waals surface area contributed by atoms with Crippen LogP contribution in [0.2, 0.25) is 0 Å². The number of hydrogen-bond donors (Lipinski definition) is 0. The van der Waals surface area contributed by atoms with E-state index in [0.29, 0.717) is 0 Å². The number of benzene rings is 4. The third kappa shape index (κ3) is 3.91. The van der Waals surface area contributed by atoms with E-state index < -0.39 is 0 Å². The van der Waals surface area contributed by atoms with E-state index >= 15 is 0 Å². The van der Waals surface area contributed by atoms with E-state index in [1.807, 2.05) is 6.08 Å². The van der Waals surface area contributed by atoms with Gasteiger partial charge in [0.15, 0.2) is 0 Å². The molecule has 0 aliphatic heterocycles. The predicted molar refractivity (Wildman–Crippen MR) is 162 cm³/mol. The number of allylic oxidation sites excluding steroid dienone is 2. The number of hydrogen-bond acceptors (Lipinski definition) is 0. The molecule has 37 heavy (non-hydrogen) atoms. The summed E-state index contributed by atoms with van der Waals surface area (Å²) < 4.78 is 4.62. The van der Waals surface area contributed by atoms with Gasteiger partial charge in [0.25, 0.3) is 0 Å². The summed E-state index contributed by atoms with van der Waals surface area (Å²) in [6.07, 6.45) is 12.8. The van der Waals surface area contributed by atoms with Crippen molar-refractivity contribution in [3.8, 4) is 11.1 Å². The lowest BCUT2D eigenvalue weighted by atomic mass is 9.97. The van der Waals surface area contributed by atoms with Crippen LogP contribution < -0.4 is 0 Å². The van der Waals surface area contributed by atoms with Crippen molar-refractivity contribution in [2.75, 3.05) is 0 Å². The highest BCUT2D eigenvalue weighted by Crippen LogP contribution is 2.34. The van der Waals surface area contributed by atoms with Crippen molar-refractivity contribution in [2.45, 2.75) is 20.4 Å². The van der Waals surface area contributed by atoms with Crippen LogP contribution in [0.1, 0.15) is 23.7 Å². The van der Waals surface area contributed by atoms with Crippen LogP contribution in [-0.4, -0.2) is 9.13 Å². The average molecular weight is 479 g/mol. The molecule has 0 aliphatic rings. The first-order valence-corrected chi connectivity index (χ1v) is 12.8. The molecule has 0 N–H and O–H groups in total. The summed E-state index contributed by atoms with van der Waals surface area (Å²) in [4.78, 5) is 0. The molecule has 0 unspecified atom stereocenters. The maximum atomic E-state index is 3.99. The zero-order valence-electron chi connectivity index (χ0n) is 21.4. The lowest BCUT2D eigenvalue weighted by Crippen LogP contribution is -1.98. The van der Waals surface area contributed by atoms with Crippen molar-refractivity contribution in [2.24, 2.45) is 0 Å². The van der Waals surface area contributed by atoms with Gasteiger partial charge in [-0.1, -0.05) is 97.6 Å². The summed E-state index contributed by atoms with van der Waals surface area (Å²) in [5.41, 5.74) is 8.67. The number of fused-ring (bicyclic) bond motifs is 3.